The highest BCUT2D eigenvalue weighted by Crippen LogP contribution is 2.23. The van der Waals surface area contributed by atoms with Crippen molar-refractivity contribution in [3.63, 3.8) is 0 Å². The number of rotatable bonds is 3. The molecule has 0 amide bonds. The average molecular weight is 228 g/mol. The highest BCUT2D eigenvalue weighted by Gasteiger charge is 2.23. The molecule has 0 aromatic rings. The van der Waals surface area contributed by atoms with Gasteiger partial charge in [0.1, 0.15) is 6.04 Å². The van der Waals surface area contributed by atoms with Gasteiger partial charge in [-0.2, -0.15) is 0 Å². The van der Waals surface area contributed by atoms with E-state index in [1.807, 2.05) is 0 Å². The van der Waals surface area contributed by atoms with Gasteiger partial charge in [0.2, 0.25) is 0 Å². The topological polar surface area (TPSA) is 75.3 Å². The minimum absolute atomic E-state index is 0.393. The molecule has 0 saturated carbocycles. The van der Waals surface area contributed by atoms with Gasteiger partial charge < -0.3 is 16.2 Å². The summed E-state index contributed by atoms with van der Waals surface area (Å²) in [6.45, 7) is 4.17. The summed E-state index contributed by atoms with van der Waals surface area (Å²) in [6, 6.07) is -0.713. The lowest BCUT2D eigenvalue weighted by atomic mass is 9.85. The highest BCUT2D eigenvalue weighted by molar-refractivity contribution is 5.73. The van der Waals surface area contributed by atoms with E-state index in [4.69, 9.17) is 10.8 Å². The van der Waals surface area contributed by atoms with Gasteiger partial charge in [0, 0.05) is 0 Å². The summed E-state index contributed by atoms with van der Waals surface area (Å²) in [5, 5.41) is 12.2. The smallest absolute Gasteiger partial charge is 0.320 e. The SMILES string of the molecule is CC1CCCCCNCC1CC(N)C(=O)O. The Bertz CT molecular complexity index is 221. The number of carboxylic acid groups (broad SMARTS) is 1. The highest BCUT2D eigenvalue weighted by atomic mass is 16.4. The van der Waals surface area contributed by atoms with Crippen LogP contribution in [0.3, 0.4) is 0 Å². The number of nitrogens with two attached hydrogens (primary N) is 1. The first-order valence-corrected chi connectivity index (χ1v) is 6.30. The fourth-order valence-electron chi connectivity index (χ4n) is 2.36. The maximum absolute atomic E-state index is 10.8. The van der Waals surface area contributed by atoms with Gasteiger partial charge in [0.15, 0.2) is 0 Å². The van der Waals surface area contributed by atoms with E-state index >= 15 is 0 Å². The van der Waals surface area contributed by atoms with Crippen molar-refractivity contribution in [1.82, 2.24) is 5.32 Å². The van der Waals surface area contributed by atoms with Crippen molar-refractivity contribution in [3.8, 4) is 0 Å². The monoisotopic (exact) mass is 228 g/mol. The van der Waals surface area contributed by atoms with Crippen molar-refractivity contribution < 1.29 is 9.90 Å². The fourth-order valence-corrected chi connectivity index (χ4v) is 2.36. The molecule has 0 aromatic carbocycles. The molecule has 94 valence electrons. The van der Waals surface area contributed by atoms with E-state index in [1.54, 1.807) is 0 Å². The van der Waals surface area contributed by atoms with Crippen molar-refractivity contribution in [3.05, 3.63) is 0 Å². The van der Waals surface area contributed by atoms with Gasteiger partial charge in [0.05, 0.1) is 0 Å². The van der Waals surface area contributed by atoms with Gasteiger partial charge in [-0.1, -0.05) is 26.2 Å². The van der Waals surface area contributed by atoms with Crippen LogP contribution in [0.4, 0.5) is 0 Å². The molecule has 1 saturated heterocycles. The molecule has 1 heterocycles. The van der Waals surface area contributed by atoms with Crippen molar-refractivity contribution in [2.24, 2.45) is 17.6 Å². The summed E-state index contributed by atoms with van der Waals surface area (Å²) in [4.78, 5) is 10.8. The Hall–Kier alpha value is -0.610. The zero-order chi connectivity index (χ0) is 12.0. The van der Waals surface area contributed by atoms with Gasteiger partial charge in [0.25, 0.3) is 0 Å². The molecule has 3 unspecified atom stereocenters. The molecule has 0 aliphatic carbocycles. The molecule has 0 bridgehead atoms. The number of aliphatic carboxylic acids is 1. The summed E-state index contributed by atoms with van der Waals surface area (Å²) in [5.74, 6) is 0.0762. The first-order chi connectivity index (χ1) is 7.61. The van der Waals surface area contributed by atoms with Crippen LogP contribution in [-0.2, 0) is 4.79 Å². The van der Waals surface area contributed by atoms with Crippen molar-refractivity contribution in [2.45, 2.75) is 45.1 Å². The van der Waals surface area contributed by atoms with Gasteiger partial charge >= 0.3 is 5.97 Å². The minimum atomic E-state index is -0.882. The summed E-state index contributed by atoms with van der Waals surface area (Å²) in [6.07, 6.45) is 5.53. The van der Waals surface area contributed by atoms with Crippen molar-refractivity contribution in [2.75, 3.05) is 13.1 Å². The van der Waals surface area contributed by atoms with Crippen LogP contribution in [0.1, 0.15) is 39.0 Å². The predicted octanol–water partition coefficient (Wildman–Crippen LogP) is 1.20. The number of hydrogen-bond donors (Lipinski definition) is 3. The zero-order valence-electron chi connectivity index (χ0n) is 10.1. The van der Waals surface area contributed by atoms with E-state index in [0.717, 1.165) is 13.1 Å². The summed E-state index contributed by atoms with van der Waals surface area (Å²) in [7, 11) is 0. The van der Waals surface area contributed by atoms with Crippen molar-refractivity contribution in [1.29, 1.82) is 0 Å². The number of nitrogens with one attached hydrogen (secondary N) is 1. The van der Waals surface area contributed by atoms with E-state index in [-0.39, 0.29) is 0 Å². The maximum Gasteiger partial charge on any atom is 0.320 e. The minimum Gasteiger partial charge on any atom is -0.480 e. The number of carbonyl (C=O) groups is 1. The standard InChI is InChI=1S/C12H24N2O2/c1-9-5-3-2-4-6-14-8-10(9)7-11(13)12(15)16/h9-11,14H,2-8,13H2,1H3,(H,15,16). The number of hydrogen-bond acceptors (Lipinski definition) is 3. The lowest BCUT2D eigenvalue weighted by Gasteiger charge is -2.25. The fraction of sp³-hybridized carbons (Fsp3) is 0.917. The van der Waals surface area contributed by atoms with Crippen LogP contribution in [-0.4, -0.2) is 30.2 Å². The van der Waals surface area contributed by atoms with E-state index in [9.17, 15) is 4.79 Å². The van der Waals surface area contributed by atoms with Gasteiger partial charge in [-0.15, -0.1) is 0 Å². The lowest BCUT2D eigenvalue weighted by Crippen LogP contribution is -2.37. The van der Waals surface area contributed by atoms with Crippen LogP contribution in [0.15, 0.2) is 0 Å². The second kappa shape index (κ2) is 6.86. The molecule has 3 atom stereocenters. The molecule has 1 aliphatic rings. The first-order valence-electron chi connectivity index (χ1n) is 6.30. The van der Waals surface area contributed by atoms with Crippen LogP contribution in [0, 0.1) is 11.8 Å². The molecular weight excluding hydrogens is 204 g/mol. The molecule has 4 N–H and O–H groups in total. The molecule has 0 spiro atoms. The second-order valence-electron chi connectivity index (χ2n) is 4.97. The Morgan fingerprint density at radius 3 is 2.94 bits per heavy atom. The quantitative estimate of drug-likeness (QED) is 0.678. The third-order valence-corrected chi connectivity index (χ3v) is 3.60. The van der Waals surface area contributed by atoms with Crippen LogP contribution >= 0.6 is 0 Å². The molecule has 4 heteroatoms. The summed E-state index contributed by atoms with van der Waals surface area (Å²) < 4.78 is 0. The molecule has 16 heavy (non-hydrogen) atoms. The zero-order valence-corrected chi connectivity index (χ0v) is 10.1. The Morgan fingerprint density at radius 1 is 1.50 bits per heavy atom. The van der Waals surface area contributed by atoms with Crippen LogP contribution < -0.4 is 11.1 Å². The molecule has 1 aliphatic heterocycles. The Labute approximate surface area is 97.6 Å². The van der Waals surface area contributed by atoms with E-state index in [2.05, 4.69) is 12.2 Å². The molecule has 4 nitrogen and oxygen atoms in total. The lowest BCUT2D eigenvalue weighted by molar-refractivity contribution is -0.139. The summed E-state index contributed by atoms with van der Waals surface area (Å²) >= 11 is 0. The van der Waals surface area contributed by atoms with Crippen LogP contribution in [0.5, 0.6) is 0 Å². The van der Waals surface area contributed by atoms with Gasteiger partial charge in [-0.25, -0.2) is 0 Å². The predicted molar refractivity (Wildman–Crippen MR) is 64.2 cm³/mol. The largest absolute Gasteiger partial charge is 0.480 e. The molecule has 0 aromatic heterocycles. The molecule has 1 rings (SSSR count). The first kappa shape index (κ1) is 13.5. The van der Waals surface area contributed by atoms with Crippen LogP contribution in [0.2, 0.25) is 0 Å². The average Bonchev–Trinajstić information content (AvgIpc) is 2.33. The third-order valence-electron chi connectivity index (χ3n) is 3.60. The Kier molecular flexibility index (Phi) is 5.77. The molecular formula is C12H24N2O2. The van der Waals surface area contributed by atoms with Crippen LogP contribution in [0.25, 0.3) is 0 Å². The van der Waals surface area contributed by atoms with E-state index in [1.165, 1.54) is 25.7 Å². The third kappa shape index (κ3) is 4.49. The van der Waals surface area contributed by atoms with E-state index < -0.39 is 12.0 Å². The number of carboxylic acids is 1. The Morgan fingerprint density at radius 2 is 2.25 bits per heavy atom. The molecule has 0 radical (unpaired) electrons. The van der Waals surface area contributed by atoms with E-state index in [0.29, 0.717) is 18.3 Å². The normalized spacial score (nSPS) is 29.9. The van der Waals surface area contributed by atoms with Gasteiger partial charge in [-0.05, 0) is 37.8 Å². The summed E-state index contributed by atoms with van der Waals surface area (Å²) in [5.41, 5.74) is 5.61. The van der Waals surface area contributed by atoms with Crippen molar-refractivity contribution >= 4 is 5.97 Å². The second-order valence-corrected chi connectivity index (χ2v) is 4.97. The molecule has 1 fully saturated rings. The maximum atomic E-state index is 10.8. The Balaban J connectivity index is 2.48. The van der Waals surface area contributed by atoms with Gasteiger partial charge in [-0.3, -0.25) is 4.79 Å².